The maximum Gasteiger partial charge on any atom is 0.357 e. The van der Waals surface area contributed by atoms with Crippen LogP contribution in [0.3, 0.4) is 0 Å². The third-order valence-electron chi connectivity index (χ3n) is 7.56. The zero-order chi connectivity index (χ0) is 32.0. The van der Waals surface area contributed by atoms with Gasteiger partial charge in [-0.3, -0.25) is 9.59 Å². The smallest absolute Gasteiger partial charge is 0.357 e. The summed E-state index contributed by atoms with van der Waals surface area (Å²) in [6.45, 7) is 6.86. The van der Waals surface area contributed by atoms with Crippen LogP contribution in [0.1, 0.15) is 45.7 Å². The number of hydrogen-bond acceptors (Lipinski definition) is 5. The number of Topliss-reactive ketones (excluding diaryl/α,β-unsaturated/α-hetero) is 2. The summed E-state index contributed by atoms with van der Waals surface area (Å²) in [5.41, 5.74) is 3.52. The first kappa shape index (κ1) is 31.2. The van der Waals surface area contributed by atoms with E-state index in [0.717, 1.165) is 27.1 Å². The molecule has 0 aliphatic carbocycles. The molecule has 0 saturated carbocycles. The average molecular weight is 613 g/mol. The van der Waals surface area contributed by atoms with Crippen molar-refractivity contribution in [2.24, 2.45) is 0 Å². The molecule has 0 aromatic heterocycles. The molecule has 5 aromatic carbocycles. The molecule has 224 valence electrons. The third-order valence-corrected chi connectivity index (χ3v) is 8.61. The van der Waals surface area contributed by atoms with Crippen molar-refractivity contribution in [2.45, 2.75) is 24.3 Å². The number of carboxylic acid groups (broad SMARTS) is 1. The van der Waals surface area contributed by atoms with E-state index in [2.05, 4.69) is 6.58 Å². The van der Waals surface area contributed by atoms with E-state index in [0.29, 0.717) is 33.8 Å². The fourth-order valence-corrected chi connectivity index (χ4v) is 5.90. The number of para-hydroxylation sites is 1. The molecule has 5 aromatic rings. The zero-order valence-electron chi connectivity index (χ0n) is 25.0. The van der Waals surface area contributed by atoms with Crippen LogP contribution in [0.5, 0.6) is 5.75 Å². The Hall–Kier alpha value is -5.20. The summed E-state index contributed by atoms with van der Waals surface area (Å²) in [4.78, 5) is 38.2. The molecule has 0 heterocycles. The minimum absolute atomic E-state index is 0.0313. The van der Waals surface area contributed by atoms with Gasteiger partial charge in [0.05, 0.1) is 0 Å². The second kappa shape index (κ2) is 13.6. The van der Waals surface area contributed by atoms with E-state index in [1.54, 1.807) is 48.5 Å². The van der Waals surface area contributed by atoms with E-state index >= 15 is 0 Å². The van der Waals surface area contributed by atoms with Gasteiger partial charge < -0.3 is 9.84 Å². The Morgan fingerprint density at radius 3 is 1.62 bits per heavy atom. The predicted octanol–water partition coefficient (Wildman–Crippen LogP) is 9.11. The maximum absolute atomic E-state index is 13.5. The third kappa shape index (κ3) is 6.66. The van der Waals surface area contributed by atoms with Crippen LogP contribution in [0.25, 0.3) is 22.3 Å². The van der Waals surface area contributed by atoms with Gasteiger partial charge in [0.2, 0.25) is 0 Å². The molecule has 0 radical (unpaired) electrons. The minimum Gasteiger partial charge on any atom is -0.478 e. The average Bonchev–Trinajstić information content (AvgIpc) is 3.07. The summed E-state index contributed by atoms with van der Waals surface area (Å²) < 4.78 is 6.61. The fraction of sp³-hybridized carbons (Fsp3) is 0.103. The predicted molar refractivity (Wildman–Crippen MR) is 180 cm³/mol. The van der Waals surface area contributed by atoms with Crippen LogP contribution in [0.15, 0.2) is 139 Å². The molecule has 0 aliphatic heterocycles. The van der Waals surface area contributed by atoms with Crippen molar-refractivity contribution in [3.8, 4) is 28.0 Å². The number of hydrogen-bond donors (Lipinski definition) is 1. The Labute approximate surface area is 267 Å². The monoisotopic (exact) mass is 612 g/mol. The van der Waals surface area contributed by atoms with Gasteiger partial charge >= 0.3 is 5.97 Å². The number of carboxylic acids is 1. The zero-order valence-corrected chi connectivity index (χ0v) is 25.8. The quantitative estimate of drug-likeness (QED) is 0.0860. The van der Waals surface area contributed by atoms with E-state index in [9.17, 15) is 19.5 Å². The summed E-state index contributed by atoms with van der Waals surface area (Å²) in [5.74, 6) is -0.179. The van der Waals surface area contributed by atoms with E-state index < -0.39 is 11.6 Å². The molecule has 1 N–H and O–H groups in total. The van der Waals surface area contributed by atoms with Crippen LogP contribution < -0.4 is 4.74 Å². The number of benzene rings is 5. The minimum atomic E-state index is -1.90. The standard InChI is InChI=1S/C39H32O5S/c1-4-23-45-37-14-6-5-13-36(37)44-39(38(42)43,34-19-15-28(16-20-34)32-11-7-9-30(24-32)26(2)40)35-21-17-29(18-22-35)33-12-8-10-31(25-33)27(3)41/h4-22,24-25H,1,23H2,2-3H3,(H,42,43). The topological polar surface area (TPSA) is 80.7 Å². The Morgan fingerprint density at radius 2 is 1.18 bits per heavy atom. The first-order valence-corrected chi connectivity index (χ1v) is 15.4. The van der Waals surface area contributed by atoms with Gasteiger partial charge in [0.25, 0.3) is 5.60 Å². The lowest BCUT2D eigenvalue weighted by Gasteiger charge is -2.32. The second-order valence-corrected chi connectivity index (χ2v) is 11.6. The first-order valence-electron chi connectivity index (χ1n) is 14.4. The molecule has 6 heteroatoms. The lowest BCUT2D eigenvalue weighted by molar-refractivity contribution is -0.152. The van der Waals surface area contributed by atoms with E-state index in [1.165, 1.54) is 25.6 Å². The van der Waals surface area contributed by atoms with Gasteiger partial charge in [-0.2, -0.15) is 0 Å². The highest BCUT2D eigenvalue weighted by molar-refractivity contribution is 7.99. The Kier molecular flexibility index (Phi) is 9.45. The van der Waals surface area contributed by atoms with Crippen LogP contribution in [0.4, 0.5) is 0 Å². The number of carbonyl (C=O) groups is 3. The molecule has 0 fully saturated rings. The molecular weight excluding hydrogens is 580 g/mol. The van der Waals surface area contributed by atoms with Gasteiger partial charge in [-0.1, -0.05) is 103 Å². The largest absolute Gasteiger partial charge is 0.478 e. The van der Waals surface area contributed by atoms with E-state index in [4.69, 9.17) is 4.74 Å². The highest BCUT2D eigenvalue weighted by Gasteiger charge is 2.46. The number of aliphatic carboxylic acids is 1. The molecule has 0 amide bonds. The molecule has 0 saturated heterocycles. The molecule has 5 nitrogen and oxygen atoms in total. The van der Waals surface area contributed by atoms with Crippen LogP contribution >= 0.6 is 11.8 Å². The van der Waals surface area contributed by atoms with Gasteiger partial charge in [0, 0.05) is 32.9 Å². The number of ketones is 2. The normalized spacial score (nSPS) is 11.1. The second-order valence-electron chi connectivity index (χ2n) is 10.6. The Bertz CT molecular complexity index is 1770. The number of thioether (sulfide) groups is 1. The summed E-state index contributed by atoms with van der Waals surface area (Å²) in [6, 6.07) is 36.4. The SMILES string of the molecule is C=CCSc1ccccc1OC(C(=O)O)(c1ccc(-c2cccc(C(C)=O)c2)cc1)c1ccc(-c2cccc(C(C)=O)c2)cc1. The van der Waals surface area contributed by atoms with Crippen LogP contribution in [-0.2, 0) is 10.4 Å². The van der Waals surface area contributed by atoms with Crippen molar-refractivity contribution in [3.05, 3.63) is 156 Å². The van der Waals surface area contributed by atoms with Crippen LogP contribution in [0.2, 0.25) is 0 Å². The van der Waals surface area contributed by atoms with Gasteiger partial charge in [-0.05, 0) is 60.4 Å². The summed E-state index contributed by atoms with van der Waals surface area (Å²) in [7, 11) is 0. The van der Waals surface area contributed by atoms with Gasteiger partial charge in [-0.25, -0.2) is 4.79 Å². The molecule has 0 unspecified atom stereocenters. The van der Waals surface area contributed by atoms with Crippen molar-refractivity contribution in [1.29, 1.82) is 0 Å². The molecule has 0 spiro atoms. The van der Waals surface area contributed by atoms with Crippen molar-refractivity contribution in [3.63, 3.8) is 0 Å². The summed E-state index contributed by atoms with van der Waals surface area (Å²) in [5, 5.41) is 11.0. The molecule has 45 heavy (non-hydrogen) atoms. The van der Waals surface area contributed by atoms with Crippen molar-refractivity contribution < 1.29 is 24.2 Å². The van der Waals surface area contributed by atoms with Crippen LogP contribution in [-0.4, -0.2) is 28.4 Å². The Morgan fingerprint density at radius 1 is 0.689 bits per heavy atom. The number of rotatable bonds is 12. The highest BCUT2D eigenvalue weighted by atomic mass is 32.2. The number of carbonyl (C=O) groups excluding carboxylic acids is 2. The lowest BCUT2D eigenvalue weighted by atomic mass is 9.84. The van der Waals surface area contributed by atoms with Crippen molar-refractivity contribution in [1.82, 2.24) is 0 Å². The fourth-order valence-electron chi connectivity index (χ4n) is 5.17. The molecule has 0 atom stereocenters. The van der Waals surface area contributed by atoms with Crippen molar-refractivity contribution >= 4 is 29.3 Å². The lowest BCUT2D eigenvalue weighted by Crippen LogP contribution is -2.43. The van der Waals surface area contributed by atoms with E-state index in [1.807, 2.05) is 78.9 Å². The van der Waals surface area contributed by atoms with Gasteiger partial charge in [-0.15, -0.1) is 18.3 Å². The van der Waals surface area contributed by atoms with E-state index in [-0.39, 0.29) is 11.6 Å². The van der Waals surface area contributed by atoms with Crippen LogP contribution in [0, 0.1) is 0 Å². The maximum atomic E-state index is 13.5. The Balaban J connectivity index is 1.63. The van der Waals surface area contributed by atoms with Crippen molar-refractivity contribution in [2.75, 3.05) is 5.75 Å². The molecule has 5 rings (SSSR count). The van der Waals surface area contributed by atoms with Gasteiger partial charge in [0.15, 0.2) is 11.6 Å². The summed E-state index contributed by atoms with van der Waals surface area (Å²) in [6.07, 6.45) is 1.78. The molecule has 0 aliphatic rings. The first-order chi connectivity index (χ1) is 21.7. The molecular formula is C39H32O5S. The molecule has 0 bridgehead atoms. The number of ether oxygens (including phenoxy) is 1. The highest BCUT2D eigenvalue weighted by Crippen LogP contribution is 2.41. The summed E-state index contributed by atoms with van der Waals surface area (Å²) >= 11 is 1.51. The van der Waals surface area contributed by atoms with Gasteiger partial charge in [0.1, 0.15) is 5.75 Å².